The summed E-state index contributed by atoms with van der Waals surface area (Å²) in [6, 6.07) is 12.2. The second-order valence-electron chi connectivity index (χ2n) is 5.76. The molecule has 0 aliphatic carbocycles. The van der Waals surface area contributed by atoms with Crippen LogP contribution >= 0.6 is 0 Å². The van der Waals surface area contributed by atoms with Crippen molar-refractivity contribution in [2.24, 2.45) is 0 Å². The Kier molecular flexibility index (Phi) is 4.57. The molecular formula is C18H19FN2O2S. The second kappa shape index (κ2) is 6.65. The number of hydrogen-bond acceptors (Lipinski definition) is 2. The predicted octanol–water partition coefficient (Wildman–Crippen LogP) is 4.45. The summed E-state index contributed by atoms with van der Waals surface area (Å²) >= 11 is 0. The number of sulfonamides is 1. The van der Waals surface area contributed by atoms with Crippen molar-refractivity contribution in [3.8, 4) is 0 Å². The highest BCUT2D eigenvalue weighted by Gasteiger charge is 2.14. The van der Waals surface area contributed by atoms with Crippen molar-refractivity contribution in [2.45, 2.75) is 31.1 Å². The first-order valence-corrected chi connectivity index (χ1v) is 9.36. The van der Waals surface area contributed by atoms with Crippen molar-refractivity contribution in [3.05, 3.63) is 60.0 Å². The zero-order chi connectivity index (χ0) is 17.2. The molecule has 0 bridgehead atoms. The molecule has 0 unspecified atom stereocenters. The number of aryl methyl sites for hydroxylation is 1. The largest absolute Gasteiger partial charge is 0.358 e. The Morgan fingerprint density at radius 3 is 2.54 bits per heavy atom. The van der Waals surface area contributed by atoms with E-state index in [9.17, 15) is 12.8 Å². The van der Waals surface area contributed by atoms with E-state index < -0.39 is 15.8 Å². The molecule has 0 spiro atoms. The van der Waals surface area contributed by atoms with E-state index in [4.69, 9.17) is 0 Å². The molecule has 0 fully saturated rings. The number of anilines is 1. The molecule has 24 heavy (non-hydrogen) atoms. The fraction of sp³-hybridized carbons (Fsp3) is 0.222. The van der Waals surface area contributed by atoms with Gasteiger partial charge in [-0.15, -0.1) is 0 Å². The first-order chi connectivity index (χ1) is 11.5. The van der Waals surface area contributed by atoms with Gasteiger partial charge in [-0.05, 0) is 61.4 Å². The lowest BCUT2D eigenvalue weighted by Crippen LogP contribution is -2.12. The number of aromatic nitrogens is 1. The Morgan fingerprint density at radius 1 is 1.08 bits per heavy atom. The molecule has 4 nitrogen and oxygen atoms in total. The number of aromatic amines is 1. The fourth-order valence-corrected chi connectivity index (χ4v) is 3.64. The third kappa shape index (κ3) is 3.59. The first-order valence-electron chi connectivity index (χ1n) is 7.88. The van der Waals surface area contributed by atoms with Gasteiger partial charge in [-0.3, -0.25) is 4.72 Å². The number of hydrogen-bond donors (Lipinski definition) is 2. The standard InChI is InChI=1S/C18H19FN2O2S/c1-2-3-4-15-11-13-12-16(7-10-18(13)20-15)21-24(22,23)17-8-5-14(19)6-9-17/h5-12,20-21H,2-4H2,1H3. The number of nitrogens with one attached hydrogen (secondary N) is 2. The lowest BCUT2D eigenvalue weighted by molar-refractivity contribution is 0.599. The number of rotatable bonds is 6. The van der Waals surface area contributed by atoms with Gasteiger partial charge in [0.2, 0.25) is 0 Å². The quantitative estimate of drug-likeness (QED) is 0.693. The number of fused-ring (bicyclic) bond motifs is 1. The van der Waals surface area contributed by atoms with Gasteiger partial charge in [-0.1, -0.05) is 13.3 Å². The van der Waals surface area contributed by atoms with Gasteiger partial charge in [-0.25, -0.2) is 12.8 Å². The van der Waals surface area contributed by atoms with E-state index in [1.165, 1.54) is 12.1 Å². The van der Waals surface area contributed by atoms with E-state index in [1.807, 2.05) is 12.1 Å². The van der Waals surface area contributed by atoms with Crippen LogP contribution in [0.15, 0.2) is 53.4 Å². The lowest BCUT2D eigenvalue weighted by Gasteiger charge is -2.08. The van der Waals surface area contributed by atoms with E-state index >= 15 is 0 Å². The van der Waals surface area contributed by atoms with E-state index in [-0.39, 0.29) is 4.90 Å². The maximum Gasteiger partial charge on any atom is 0.261 e. The zero-order valence-electron chi connectivity index (χ0n) is 13.3. The van der Waals surface area contributed by atoms with Crippen molar-refractivity contribution < 1.29 is 12.8 Å². The number of halogens is 1. The van der Waals surface area contributed by atoms with Crippen LogP contribution in [0.1, 0.15) is 25.5 Å². The molecule has 3 aromatic rings. The third-order valence-electron chi connectivity index (χ3n) is 3.85. The highest BCUT2D eigenvalue weighted by atomic mass is 32.2. The average molecular weight is 346 g/mol. The highest BCUT2D eigenvalue weighted by molar-refractivity contribution is 7.92. The predicted molar refractivity (Wildman–Crippen MR) is 94.1 cm³/mol. The molecule has 1 heterocycles. The Hall–Kier alpha value is -2.34. The average Bonchev–Trinajstić information content (AvgIpc) is 2.95. The summed E-state index contributed by atoms with van der Waals surface area (Å²) < 4.78 is 40.2. The van der Waals surface area contributed by atoms with Crippen molar-refractivity contribution in [2.75, 3.05) is 4.72 Å². The number of benzene rings is 2. The molecule has 3 rings (SSSR count). The minimum absolute atomic E-state index is 0.0294. The first kappa shape index (κ1) is 16.5. The Morgan fingerprint density at radius 2 is 1.83 bits per heavy atom. The summed E-state index contributed by atoms with van der Waals surface area (Å²) in [6.07, 6.45) is 3.21. The highest BCUT2D eigenvalue weighted by Crippen LogP contribution is 2.23. The molecule has 2 N–H and O–H groups in total. The summed E-state index contributed by atoms with van der Waals surface area (Å²) in [7, 11) is -3.73. The Labute approximate surface area is 140 Å². The SMILES string of the molecule is CCCCc1cc2cc(NS(=O)(=O)c3ccc(F)cc3)ccc2[nH]1. The molecule has 0 saturated heterocycles. The summed E-state index contributed by atoms with van der Waals surface area (Å²) in [5.41, 5.74) is 2.60. The minimum atomic E-state index is -3.73. The van der Waals surface area contributed by atoms with Crippen LogP contribution in [0.2, 0.25) is 0 Å². The molecule has 1 aromatic heterocycles. The van der Waals surface area contributed by atoms with Gasteiger partial charge >= 0.3 is 0 Å². The van der Waals surface area contributed by atoms with Crippen LogP contribution in [-0.4, -0.2) is 13.4 Å². The summed E-state index contributed by atoms with van der Waals surface area (Å²) in [4.78, 5) is 3.37. The monoisotopic (exact) mass is 346 g/mol. The zero-order valence-corrected chi connectivity index (χ0v) is 14.2. The molecule has 0 atom stereocenters. The van der Waals surface area contributed by atoms with Crippen LogP contribution in [0, 0.1) is 5.82 Å². The van der Waals surface area contributed by atoms with E-state index in [2.05, 4.69) is 16.6 Å². The van der Waals surface area contributed by atoms with Gasteiger partial charge in [-0.2, -0.15) is 0 Å². The van der Waals surface area contributed by atoms with Crippen LogP contribution in [0.25, 0.3) is 10.9 Å². The van der Waals surface area contributed by atoms with Crippen LogP contribution in [0.4, 0.5) is 10.1 Å². The van der Waals surface area contributed by atoms with Gasteiger partial charge in [0.05, 0.1) is 4.90 Å². The van der Waals surface area contributed by atoms with Gasteiger partial charge < -0.3 is 4.98 Å². The van der Waals surface area contributed by atoms with Gasteiger partial charge in [0.25, 0.3) is 10.0 Å². The smallest absolute Gasteiger partial charge is 0.261 e. The molecule has 6 heteroatoms. The number of H-pyrrole nitrogens is 1. The minimum Gasteiger partial charge on any atom is -0.358 e. The Balaban J connectivity index is 1.85. The summed E-state index contributed by atoms with van der Waals surface area (Å²) in [5, 5.41) is 0.959. The molecule has 0 aliphatic rings. The Bertz CT molecular complexity index is 947. The van der Waals surface area contributed by atoms with Crippen LogP contribution in [0.3, 0.4) is 0 Å². The van der Waals surface area contributed by atoms with E-state index in [1.54, 1.807) is 12.1 Å². The van der Waals surface area contributed by atoms with Crippen molar-refractivity contribution >= 4 is 26.6 Å². The molecule has 0 aliphatic heterocycles. The molecule has 0 amide bonds. The topological polar surface area (TPSA) is 62.0 Å². The normalized spacial score (nSPS) is 11.8. The van der Waals surface area contributed by atoms with Crippen molar-refractivity contribution in [1.82, 2.24) is 4.98 Å². The fourth-order valence-electron chi connectivity index (χ4n) is 2.59. The maximum atomic E-state index is 12.9. The molecule has 0 saturated carbocycles. The van der Waals surface area contributed by atoms with Crippen LogP contribution in [-0.2, 0) is 16.4 Å². The van der Waals surface area contributed by atoms with Crippen molar-refractivity contribution in [3.63, 3.8) is 0 Å². The molecular weight excluding hydrogens is 327 g/mol. The molecule has 126 valence electrons. The number of unbranched alkanes of at least 4 members (excludes halogenated alkanes) is 1. The van der Waals surface area contributed by atoms with Gasteiger partial charge in [0.1, 0.15) is 5.82 Å². The third-order valence-corrected chi connectivity index (χ3v) is 5.25. The van der Waals surface area contributed by atoms with Crippen LogP contribution < -0.4 is 4.72 Å². The molecule has 2 aromatic carbocycles. The van der Waals surface area contributed by atoms with Crippen molar-refractivity contribution in [1.29, 1.82) is 0 Å². The summed E-state index contributed by atoms with van der Waals surface area (Å²) in [5.74, 6) is -0.470. The lowest BCUT2D eigenvalue weighted by atomic mass is 10.2. The van der Waals surface area contributed by atoms with E-state index in [0.29, 0.717) is 5.69 Å². The van der Waals surface area contributed by atoms with Gasteiger partial charge in [0.15, 0.2) is 0 Å². The van der Waals surface area contributed by atoms with Gasteiger partial charge in [0, 0.05) is 22.3 Å². The second-order valence-corrected chi connectivity index (χ2v) is 7.44. The van der Waals surface area contributed by atoms with E-state index in [0.717, 1.165) is 48.0 Å². The van der Waals surface area contributed by atoms with Crippen LogP contribution in [0.5, 0.6) is 0 Å². The summed E-state index contributed by atoms with van der Waals surface area (Å²) in [6.45, 7) is 2.14. The maximum absolute atomic E-state index is 12.9. The molecule has 0 radical (unpaired) electrons.